The predicted molar refractivity (Wildman–Crippen MR) is 144 cm³/mol. The third-order valence-electron chi connectivity index (χ3n) is 6.49. The van der Waals surface area contributed by atoms with E-state index < -0.39 is 11.9 Å². The summed E-state index contributed by atoms with van der Waals surface area (Å²) in [5.74, 6) is 1.10. The van der Waals surface area contributed by atoms with Crippen LogP contribution in [0, 0.1) is 0 Å². The van der Waals surface area contributed by atoms with Crippen molar-refractivity contribution in [1.82, 2.24) is 4.98 Å². The number of carbonyl (C=O) groups excluding carboxylic acids is 1. The molecule has 0 saturated carbocycles. The molecule has 1 atom stereocenters. The number of fused-ring (bicyclic) bond motifs is 2. The van der Waals surface area contributed by atoms with E-state index >= 15 is 0 Å². The first kappa shape index (κ1) is 23.5. The maximum Gasteiger partial charge on any atom is 0.296 e. The minimum Gasteiger partial charge on any atom is -0.490 e. The molecule has 0 saturated heterocycles. The van der Waals surface area contributed by atoms with Gasteiger partial charge in [0.05, 0.1) is 23.6 Å². The van der Waals surface area contributed by atoms with Crippen molar-refractivity contribution < 1.29 is 18.7 Å². The summed E-state index contributed by atoms with van der Waals surface area (Å²) in [6.45, 7) is 2.69. The Bertz CT molecular complexity index is 1680. The van der Waals surface area contributed by atoms with Crippen LogP contribution < -0.4 is 19.8 Å². The lowest BCUT2D eigenvalue weighted by atomic mass is 9.98. The van der Waals surface area contributed by atoms with E-state index in [0.717, 1.165) is 5.56 Å². The Morgan fingerprint density at radius 2 is 1.66 bits per heavy atom. The average molecular weight is 505 g/mol. The van der Waals surface area contributed by atoms with Crippen LogP contribution in [0.1, 0.15) is 40.2 Å². The summed E-state index contributed by atoms with van der Waals surface area (Å²) in [5, 5.41) is 0.416. The van der Waals surface area contributed by atoms with Gasteiger partial charge < -0.3 is 13.9 Å². The van der Waals surface area contributed by atoms with Gasteiger partial charge in [0.1, 0.15) is 18.0 Å². The molecule has 6 rings (SSSR count). The second kappa shape index (κ2) is 9.86. The van der Waals surface area contributed by atoms with Gasteiger partial charge in [0.2, 0.25) is 5.76 Å². The van der Waals surface area contributed by atoms with Crippen molar-refractivity contribution in [3.05, 3.63) is 130 Å². The highest BCUT2D eigenvalue weighted by atomic mass is 16.5. The molecular weight excluding hydrogens is 480 g/mol. The number of carbonyl (C=O) groups is 1. The van der Waals surface area contributed by atoms with Crippen molar-refractivity contribution >= 4 is 22.7 Å². The molecule has 0 bridgehead atoms. The van der Waals surface area contributed by atoms with E-state index in [2.05, 4.69) is 4.98 Å². The molecule has 3 heterocycles. The number of hydrogen-bond donors (Lipinski definition) is 0. The molecule has 38 heavy (non-hydrogen) atoms. The molecule has 1 aliphatic rings. The molecule has 3 aromatic carbocycles. The van der Waals surface area contributed by atoms with E-state index in [9.17, 15) is 9.59 Å². The minimum atomic E-state index is -0.754. The van der Waals surface area contributed by atoms with Crippen LogP contribution in [-0.4, -0.2) is 17.5 Å². The molecule has 0 unspecified atom stereocenters. The van der Waals surface area contributed by atoms with Crippen LogP contribution in [0.3, 0.4) is 0 Å². The monoisotopic (exact) mass is 504 g/mol. The van der Waals surface area contributed by atoms with Gasteiger partial charge >= 0.3 is 0 Å². The summed E-state index contributed by atoms with van der Waals surface area (Å²) in [6.07, 6.45) is 1.61. The summed E-state index contributed by atoms with van der Waals surface area (Å²) in [4.78, 5) is 33.4. The van der Waals surface area contributed by atoms with Crippen LogP contribution in [0.2, 0.25) is 0 Å². The molecule has 0 fully saturated rings. The number of pyridine rings is 1. The van der Waals surface area contributed by atoms with Gasteiger partial charge in [0, 0.05) is 6.20 Å². The van der Waals surface area contributed by atoms with Crippen molar-refractivity contribution in [2.24, 2.45) is 0 Å². The number of benzene rings is 3. The zero-order valence-electron chi connectivity index (χ0n) is 20.7. The van der Waals surface area contributed by atoms with Crippen LogP contribution in [0.25, 0.3) is 11.0 Å². The maximum atomic E-state index is 13.7. The van der Waals surface area contributed by atoms with Crippen molar-refractivity contribution in [1.29, 1.82) is 0 Å². The number of rotatable bonds is 7. The highest BCUT2D eigenvalue weighted by Gasteiger charge is 2.44. The Morgan fingerprint density at radius 3 is 2.45 bits per heavy atom. The van der Waals surface area contributed by atoms with Gasteiger partial charge in [-0.15, -0.1) is 0 Å². The molecule has 0 N–H and O–H groups in total. The normalized spacial score (nSPS) is 14.5. The standard InChI is InChI=1S/C31H24N2O5/c1-2-36-25-18-21(15-16-24(25)37-19-20-10-4-3-5-11-20)28-27-29(34)22-12-6-7-13-23(22)38-30(27)31(35)33(28)26-14-8-9-17-32-26/h3-18,28H,2,19H2,1H3/t28-/m0/s1. The Morgan fingerprint density at radius 1 is 0.868 bits per heavy atom. The second-order valence-corrected chi connectivity index (χ2v) is 8.85. The number of hydrogen-bond acceptors (Lipinski definition) is 6. The fourth-order valence-electron chi connectivity index (χ4n) is 4.79. The summed E-state index contributed by atoms with van der Waals surface area (Å²) >= 11 is 0. The molecule has 2 aromatic heterocycles. The SMILES string of the molecule is CCOc1cc([C@H]2c3c(oc4ccccc4c3=O)C(=O)N2c2ccccn2)ccc1OCc1ccccc1. The molecule has 7 heteroatoms. The van der Waals surface area contributed by atoms with E-state index in [0.29, 0.717) is 47.1 Å². The van der Waals surface area contributed by atoms with Crippen LogP contribution in [-0.2, 0) is 6.61 Å². The van der Waals surface area contributed by atoms with Crippen LogP contribution in [0.4, 0.5) is 5.82 Å². The highest BCUT2D eigenvalue weighted by molar-refractivity contribution is 6.10. The molecule has 188 valence electrons. The lowest BCUT2D eigenvalue weighted by Gasteiger charge is -2.25. The summed E-state index contributed by atoms with van der Waals surface area (Å²) in [5.41, 5.74) is 2.10. The van der Waals surface area contributed by atoms with Gasteiger partial charge in [0.25, 0.3) is 5.91 Å². The van der Waals surface area contributed by atoms with Crippen LogP contribution in [0.5, 0.6) is 11.5 Å². The van der Waals surface area contributed by atoms with E-state index in [-0.39, 0.29) is 16.8 Å². The lowest BCUT2D eigenvalue weighted by molar-refractivity contribution is 0.0970. The van der Waals surface area contributed by atoms with Gasteiger partial charge in [-0.1, -0.05) is 54.6 Å². The maximum absolute atomic E-state index is 13.7. The van der Waals surface area contributed by atoms with Crippen LogP contribution in [0.15, 0.2) is 106 Å². The number of amides is 1. The van der Waals surface area contributed by atoms with E-state index in [1.54, 1.807) is 48.7 Å². The van der Waals surface area contributed by atoms with Crippen molar-refractivity contribution in [2.75, 3.05) is 11.5 Å². The van der Waals surface area contributed by atoms with Gasteiger partial charge in [0.15, 0.2) is 16.9 Å². The smallest absolute Gasteiger partial charge is 0.296 e. The Hall–Kier alpha value is -4.91. The van der Waals surface area contributed by atoms with E-state index in [1.165, 1.54) is 4.90 Å². The second-order valence-electron chi connectivity index (χ2n) is 8.85. The molecule has 0 aliphatic carbocycles. The minimum absolute atomic E-state index is 0.0201. The van der Waals surface area contributed by atoms with Crippen LogP contribution >= 0.6 is 0 Å². The van der Waals surface area contributed by atoms with Gasteiger partial charge in [-0.25, -0.2) is 4.98 Å². The van der Waals surface area contributed by atoms with Gasteiger partial charge in [-0.3, -0.25) is 14.5 Å². The van der Waals surface area contributed by atoms with Gasteiger partial charge in [-0.2, -0.15) is 0 Å². The third kappa shape index (κ3) is 4.08. The summed E-state index contributed by atoms with van der Waals surface area (Å²) in [6, 6.07) is 26.8. The van der Waals surface area contributed by atoms with E-state index in [1.807, 2.05) is 55.5 Å². The Labute approximate surface area is 218 Å². The van der Waals surface area contributed by atoms with Crippen molar-refractivity contribution in [2.45, 2.75) is 19.6 Å². The fraction of sp³-hybridized carbons (Fsp3) is 0.129. The number of nitrogens with zero attached hydrogens (tertiary/aromatic N) is 2. The largest absolute Gasteiger partial charge is 0.490 e. The molecule has 7 nitrogen and oxygen atoms in total. The van der Waals surface area contributed by atoms with Crippen molar-refractivity contribution in [3.8, 4) is 11.5 Å². The summed E-state index contributed by atoms with van der Waals surface area (Å²) < 4.78 is 18.0. The zero-order valence-corrected chi connectivity index (χ0v) is 20.7. The number of aromatic nitrogens is 1. The number of para-hydroxylation sites is 1. The molecule has 1 amide bonds. The summed E-state index contributed by atoms with van der Waals surface area (Å²) in [7, 11) is 0. The number of anilines is 1. The van der Waals surface area contributed by atoms with Crippen molar-refractivity contribution in [3.63, 3.8) is 0 Å². The third-order valence-corrected chi connectivity index (χ3v) is 6.49. The van der Waals surface area contributed by atoms with Gasteiger partial charge in [-0.05, 0) is 54.4 Å². The fourth-order valence-corrected chi connectivity index (χ4v) is 4.79. The molecule has 0 radical (unpaired) electrons. The average Bonchev–Trinajstić information content (AvgIpc) is 3.26. The molecule has 1 aliphatic heterocycles. The molecule has 5 aromatic rings. The predicted octanol–water partition coefficient (Wildman–Crippen LogP) is 5.92. The Balaban J connectivity index is 1.49. The van der Waals surface area contributed by atoms with E-state index in [4.69, 9.17) is 13.9 Å². The Kier molecular flexibility index (Phi) is 6.09. The molecule has 0 spiro atoms. The lowest BCUT2D eigenvalue weighted by Crippen LogP contribution is -2.30. The quantitative estimate of drug-likeness (QED) is 0.274. The highest BCUT2D eigenvalue weighted by Crippen LogP contribution is 2.42. The first-order chi connectivity index (χ1) is 18.7. The topological polar surface area (TPSA) is 81.9 Å². The molecular formula is C31H24N2O5. The first-order valence-corrected chi connectivity index (χ1v) is 12.4. The number of ether oxygens (including phenoxy) is 2. The first-order valence-electron chi connectivity index (χ1n) is 12.4. The zero-order chi connectivity index (χ0) is 26.1.